The fourth-order valence-electron chi connectivity index (χ4n) is 4.26. The summed E-state index contributed by atoms with van der Waals surface area (Å²) in [5.74, 6) is 0.604. The van der Waals surface area contributed by atoms with Crippen molar-refractivity contribution in [2.24, 2.45) is 5.92 Å². The smallest absolute Gasteiger partial charge is 0.253 e. The first-order chi connectivity index (χ1) is 13.2. The molecule has 0 aromatic heterocycles. The summed E-state index contributed by atoms with van der Waals surface area (Å²) in [6, 6.07) is 6.67. The number of carbonyl (C=O) groups excluding carboxylic acids is 1. The molecular formula is C21H32N2O4S. The molecule has 2 aliphatic rings. The van der Waals surface area contributed by atoms with E-state index in [2.05, 4.69) is 6.92 Å². The van der Waals surface area contributed by atoms with Crippen LogP contribution in [0.1, 0.15) is 56.8 Å². The van der Waals surface area contributed by atoms with Gasteiger partial charge in [0.15, 0.2) is 0 Å². The number of amides is 1. The van der Waals surface area contributed by atoms with E-state index in [-0.39, 0.29) is 29.1 Å². The summed E-state index contributed by atoms with van der Waals surface area (Å²) in [5.41, 5.74) is 0.427. The third-order valence-electron chi connectivity index (χ3n) is 5.96. The SMILES string of the molecule is CC1CCC(N(C)C(=O)c2cccc(S(=O)(=O)N3CC(C)OC(C)C3)c2)CC1. The van der Waals surface area contributed by atoms with Crippen LogP contribution in [0.3, 0.4) is 0 Å². The van der Waals surface area contributed by atoms with Crippen molar-refractivity contribution >= 4 is 15.9 Å². The fourth-order valence-corrected chi connectivity index (χ4v) is 5.90. The predicted molar refractivity (Wildman–Crippen MR) is 109 cm³/mol. The molecule has 1 amide bonds. The largest absolute Gasteiger partial charge is 0.373 e. The summed E-state index contributed by atoms with van der Waals surface area (Å²) in [5, 5.41) is 0. The normalized spacial score (nSPS) is 29.4. The number of hydrogen-bond acceptors (Lipinski definition) is 4. The molecule has 2 unspecified atom stereocenters. The van der Waals surface area contributed by atoms with Crippen molar-refractivity contribution in [3.8, 4) is 0 Å². The molecule has 1 saturated carbocycles. The molecule has 1 heterocycles. The first-order valence-corrected chi connectivity index (χ1v) is 11.7. The molecule has 3 rings (SSSR count). The molecule has 2 fully saturated rings. The zero-order valence-electron chi connectivity index (χ0n) is 17.3. The highest BCUT2D eigenvalue weighted by molar-refractivity contribution is 7.89. The Morgan fingerprint density at radius 2 is 1.68 bits per heavy atom. The summed E-state index contributed by atoms with van der Waals surface area (Å²) in [6.07, 6.45) is 3.97. The molecule has 0 spiro atoms. The summed E-state index contributed by atoms with van der Waals surface area (Å²) in [6.45, 7) is 6.64. The van der Waals surface area contributed by atoms with Crippen molar-refractivity contribution in [3.63, 3.8) is 0 Å². The van der Waals surface area contributed by atoms with Gasteiger partial charge in [-0.2, -0.15) is 4.31 Å². The van der Waals surface area contributed by atoms with Crippen molar-refractivity contribution in [1.29, 1.82) is 0 Å². The zero-order valence-corrected chi connectivity index (χ0v) is 18.1. The van der Waals surface area contributed by atoms with E-state index >= 15 is 0 Å². The molecule has 1 aliphatic heterocycles. The van der Waals surface area contributed by atoms with Gasteiger partial charge < -0.3 is 9.64 Å². The molecule has 156 valence electrons. The molecule has 1 aromatic carbocycles. The van der Waals surface area contributed by atoms with Crippen LogP contribution in [-0.4, -0.2) is 61.9 Å². The predicted octanol–water partition coefficient (Wildman–Crippen LogP) is 3.14. The zero-order chi connectivity index (χ0) is 20.5. The van der Waals surface area contributed by atoms with E-state index in [9.17, 15) is 13.2 Å². The van der Waals surface area contributed by atoms with Gasteiger partial charge in [-0.3, -0.25) is 4.79 Å². The summed E-state index contributed by atoms with van der Waals surface area (Å²) >= 11 is 0. The van der Waals surface area contributed by atoms with Crippen LogP contribution in [-0.2, 0) is 14.8 Å². The van der Waals surface area contributed by atoms with Crippen LogP contribution in [0.15, 0.2) is 29.2 Å². The van der Waals surface area contributed by atoms with Crippen LogP contribution in [0.2, 0.25) is 0 Å². The van der Waals surface area contributed by atoms with Gasteiger partial charge >= 0.3 is 0 Å². The van der Waals surface area contributed by atoms with E-state index in [1.54, 1.807) is 23.1 Å². The highest BCUT2D eigenvalue weighted by Crippen LogP contribution is 2.28. The third kappa shape index (κ3) is 4.58. The van der Waals surface area contributed by atoms with Crippen molar-refractivity contribution < 1.29 is 17.9 Å². The number of benzene rings is 1. The Hall–Kier alpha value is -1.44. The summed E-state index contributed by atoms with van der Waals surface area (Å²) < 4.78 is 33.3. The van der Waals surface area contributed by atoms with Crippen molar-refractivity contribution in [2.45, 2.75) is 69.6 Å². The number of nitrogens with zero attached hydrogens (tertiary/aromatic N) is 2. The second-order valence-electron chi connectivity index (χ2n) is 8.44. The van der Waals surface area contributed by atoms with Crippen LogP contribution >= 0.6 is 0 Å². The number of hydrogen-bond donors (Lipinski definition) is 0. The van der Waals surface area contributed by atoms with E-state index in [4.69, 9.17) is 4.74 Å². The quantitative estimate of drug-likeness (QED) is 0.768. The maximum absolute atomic E-state index is 13.1. The topological polar surface area (TPSA) is 66.9 Å². The Balaban J connectivity index is 1.78. The second-order valence-corrected chi connectivity index (χ2v) is 10.4. The maximum atomic E-state index is 13.1. The maximum Gasteiger partial charge on any atom is 0.253 e. The molecule has 0 N–H and O–H groups in total. The highest BCUT2D eigenvalue weighted by Gasteiger charge is 2.33. The lowest BCUT2D eigenvalue weighted by molar-refractivity contribution is -0.0440. The molecule has 0 radical (unpaired) electrons. The molecule has 2 atom stereocenters. The van der Waals surface area contributed by atoms with Crippen LogP contribution in [0.5, 0.6) is 0 Å². The van der Waals surface area contributed by atoms with Gasteiger partial charge in [0.05, 0.1) is 17.1 Å². The Morgan fingerprint density at radius 1 is 1.07 bits per heavy atom. The summed E-state index contributed by atoms with van der Waals surface area (Å²) in [4.78, 5) is 14.9. The van der Waals surface area contributed by atoms with Crippen molar-refractivity contribution in [2.75, 3.05) is 20.1 Å². The Bertz CT molecular complexity index is 792. The van der Waals surface area contributed by atoms with Gasteiger partial charge in [-0.1, -0.05) is 13.0 Å². The van der Waals surface area contributed by atoms with E-state index in [0.717, 1.165) is 25.7 Å². The van der Waals surface area contributed by atoms with Crippen molar-refractivity contribution in [1.82, 2.24) is 9.21 Å². The average Bonchev–Trinajstić information content (AvgIpc) is 2.67. The Morgan fingerprint density at radius 3 is 2.29 bits per heavy atom. The van der Waals surface area contributed by atoms with Gasteiger partial charge in [0.1, 0.15) is 0 Å². The first kappa shape index (κ1) is 21.3. The number of carbonyl (C=O) groups is 1. The minimum Gasteiger partial charge on any atom is -0.373 e. The molecule has 28 heavy (non-hydrogen) atoms. The van der Waals surface area contributed by atoms with E-state index in [1.165, 1.54) is 10.4 Å². The lowest BCUT2D eigenvalue weighted by Crippen LogP contribution is -2.48. The number of ether oxygens (including phenoxy) is 1. The fraction of sp³-hybridized carbons (Fsp3) is 0.667. The molecule has 0 bridgehead atoms. The second kappa shape index (κ2) is 8.51. The lowest BCUT2D eigenvalue weighted by Gasteiger charge is -2.35. The minimum absolute atomic E-state index is 0.111. The van der Waals surface area contributed by atoms with E-state index in [0.29, 0.717) is 24.6 Å². The van der Waals surface area contributed by atoms with Gasteiger partial charge in [-0.15, -0.1) is 0 Å². The van der Waals surface area contributed by atoms with Gasteiger partial charge in [-0.05, 0) is 63.6 Å². The van der Waals surface area contributed by atoms with Crippen molar-refractivity contribution in [3.05, 3.63) is 29.8 Å². The summed E-state index contributed by atoms with van der Waals surface area (Å²) in [7, 11) is -1.83. The monoisotopic (exact) mass is 408 g/mol. The van der Waals surface area contributed by atoms with E-state index < -0.39 is 10.0 Å². The van der Waals surface area contributed by atoms with Crippen LogP contribution in [0.4, 0.5) is 0 Å². The van der Waals surface area contributed by atoms with Gasteiger partial charge in [0, 0.05) is 31.7 Å². The third-order valence-corrected chi connectivity index (χ3v) is 7.79. The number of rotatable bonds is 4. The number of sulfonamides is 1. The van der Waals surface area contributed by atoms with Gasteiger partial charge in [0.2, 0.25) is 10.0 Å². The molecule has 6 nitrogen and oxygen atoms in total. The van der Waals surface area contributed by atoms with Gasteiger partial charge in [-0.25, -0.2) is 8.42 Å². The number of morpholine rings is 1. The molecule has 1 aromatic rings. The average molecular weight is 409 g/mol. The lowest BCUT2D eigenvalue weighted by atomic mass is 9.86. The van der Waals surface area contributed by atoms with E-state index in [1.807, 2.05) is 20.9 Å². The van der Waals surface area contributed by atoms with Crippen LogP contribution in [0.25, 0.3) is 0 Å². The molecule has 1 aliphatic carbocycles. The van der Waals surface area contributed by atoms with Crippen LogP contribution < -0.4 is 0 Å². The highest BCUT2D eigenvalue weighted by atomic mass is 32.2. The minimum atomic E-state index is -3.66. The molecular weight excluding hydrogens is 376 g/mol. The molecule has 1 saturated heterocycles. The Labute approximate surface area is 168 Å². The standard InChI is InChI=1S/C21H32N2O4S/c1-15-8-10-19(11-9-15)22(4)21(24)18-6-5-7-20(12-18)28(25,26)23-13-16(2)27-17(3)14-23/h5-7,12,15-17,19H,8-11,13-14H2,1-4H3. The molecule has 7 heteroatoms. The van der Waals surface area contributed by atoms with Gasteiger partial charge in [0.25, 0.3) is 5.91 Å². The first-order valence-electron chi connectivity index (χ1n) is 10.2. The van der Waals surface area contributed by atoms with Crippen LogP contribution in [0, 0.1) is 5.92 Å². The Kier molecular flexibility index (Phi) is 6.47.